The molecule has 4 heteroatoms. The van der Waals surface area contributed by atoms with Crippen molar-refractivity contribution in [1.82, 2.24) is 10.2 Å². The Morgan fingerprint density at radius 2 is 1.88 bits per heavy atom. The van der Waals surface area contributed by atoms with Crippen LogP contribution in [-0.2, 0) is 6.54 Å². The lowest BCUT2D eigenvalue weighted by atomic mass is 10.1. The minimum atomic E-state index is -0.502. The Balaban J connectivity index is 2.05. The van der Waals surface area contributed by atoms with Crippen LogP contribution in [0.4, 0.5) is 8.78 Å². The fourth-order valence-corrected chi connectivity index (χ4v) is 1.97. The van der Waals surface area contributed by atoms with Crippen molar-refractivity contribution < 1.29 is 8.78 Å². The van der Waals surface area contributed by atoms with Crippen molar-refractivity contribution in [3.63, 3.8) is 0 Å². The summed E-state index contributed by atoms with van der Waals surface area (Å²) in [5.74, 6) is -1.00. The molecule has 1 aromatic carbocycles. The van der Waals surface area contributed by atoms with Gasteiger partial charge in [-0.2, -0.15) is 0 Å². The van der Waals surface area contributed by atoms with Crippen LogP contribution in [0.15, 0.2) is 18.2 Å². The smallest absolute Gasteiger partial charge is 0.126 e. The molecule has 16 heavy (non-hydrogen) atoms. The second-order valence-electron chi connectivity index (χ2n) is 4.15. The van der Waals surface area contributed by atoms with E-state index >= 15 is 0 Å². The lowest BCUT2D eigenvalue weighted by molar-refractivity contribution is 0.145. The highest BCUT2D eigenvalue weighted by molar-refractivity contribution is 5.18. The van der Waals surface area contributed by atoms with Crippen molar-refractivity contribution in [3.8, 4) is 0 Å². The Hall–Kier alpha value is -1.00. The van der Waals surface area contributed by atoms with Crippen molar-refractivity contribution in [2.45, 2.75) is 19.5 Å². The van der Waals surface area contributed by atoms with Crippen LogP contribution in [0, 0.1) is 11.6 Å². The average molecular weight is 226 g/mol. The van der Waals surface area contributed by atoms with Crippen molar-refractivity contribution in [2.75, 3.05) is 19.6 Å². The molecule has 1 aromatic rings. The molecule has 1 fully saturated rings. The van der Waals surface area contributed by atoms with Gasteiger partial charge >= 0.3 is 0 Å². The average Bonchev–Trinajstić information content (AvgIpc) is 2.12. The number of rotatable bonds is 4. The second kappa shape index (κ2) is 4.89. The summed E-state index contributed by atoms with van der Waals surface area (Å²) in [7, 11) is 0. The van der Waals surface area contributed by atoms with Gasteiger partial charge in [-0.3, -0.25) is 4.90 Å². The summed E-state index contributed by atoms with van der Waals surface area (Å²) >= 11 is 0. The fourth-order valence-electron chi connectivity index (χ4n) is 1.97. The lowest BCUT2D eigenvalue weighted by Crippen LogP contribution is -2.56. The zero-order valence-corrected chi connectivity index (χ0v) is 9.34. The van der Waals surface area contributed by atoms with Crippen LogP contribution in [0.5, 0.6) is 0 Å². The normalized spacial score (nSPS) is 16.5. The Labute approximate surface area is 94.3 Å². The van der Waals surface area contributed by atoms with E-state index in [0.717, 1.165) is 25.7 Å². The van der Waals surface area contributed by atoms with Crippen LogP contribution in [0.2, 0.25) is 0 Å². The molecule has 0 atom stereocenters. The minimum absolute atomic E-state index is 0.497. The van der Waals surface area contributed by atoms with Gasteiger partial charge in [-0.05, 0) is 24.2 Å². The summed E-state index contributed by atoms with van der Waals surface area (Å²) < 4.78 is 26.0. The van der Waals surface area contributed by atoms with Crippen molar-refractivity contribution in [2.24, 2.45) is 0 Å². The maximum Gasteiger partial charge on any atom is 0.126 e. The summed E-state index contributed by atoms with van der Waals surface area (Å²) in [5.41, 5.74) is 0.700. The highest BCUT2D eigenvalue weighted by Crippen LogP contribution is 2.13. The van der Waals surface area contributed by atoms with E-state index in [2.05, 4.69) is 17.1 Å². The van der Waals surface area contributed by atoms with Gasteiger partial charge in [0.05, 0.1) is 0 Å². The molecular weight excluding hydrogens is 210 g/mol. The van der Waals surface area contributed by atoms with E-state index in [-0.39, 0.29) is 0 Å². The molecule has 2 rings (SSSR count). The van der Waals surface area contributed by atoms with Crippen LogP contribution >= 0.6 is 0 Å². The monoisotopic (exact) mass is 226 g/mol. The Bertz CT molecular complexity index is 344. The SMILES string of the molecule is CCN(Cc1cc(F)cc(F)c1)C1CNC1. The quantitative estimate of drug-likeness (QED) is 0.841. The number of nitrogens with one attached hydrogen (secondary N) is 1. The number of benzene rings is 1. The van der Waals surface area contributed by atoms with Gasteiger partial charge in [0.15, 0.2) is 0 Å². The first-order valence-electron chi connectivity index (χ1n) is 5.58. The molecule has 1 N–H and O–H groups in total. The largest absolute Gasteiger partial charge is 0.314 e. The summed E-state index contributed by atoms with van der Waals surface area (Å²) in [6.45, 7) is 5.49. The first kappa shape index (κ1) is 11.5. The third-order valence-electron chi connectivity index (χ3n) is 2.99. The molecule has 2 nitrogen and oxygen atoms in total. The Kier molecular flexibility index (Phi) is 3.51. The molecule has 0 unspecified atom stereocenters. The Morgan fingerprint density at radius 1 is 1.25 bits per heavy atom. The predicted octanol–water partition coefficient (Wildman–Crippen LogP) is 1.76. The molecule has 0 spiro atoms. The number of nitrogens with zero attached hydrogens (tertiary/aromatic N) is 1. The van der Waals surface area contributed by atoms with E-state index in [4.69, 9.17) is 0 Å². The summed E-state index contributed by atoms with van der Waals surface area (Å²) in [5, 5.41) is 3.19. The maximum atomic E-state index is 13.0. The molecule has 0 radical (unpaired) electrons. The molecule has 1 aliphatic rings. The van der Waals surface area contributed by atoms with Crippen LogP contribution in [0.3, 0.4) is 0 Å². The van der Waals surface area contributed by atoms with Gasteiger partial charge in [-0.25, -0.2) is 8.78 Å². The van der Waals surface area contributed by atoms with Crippen molar-refractivity contribution in [3.05, 3.63) is 35.4 Å². The van der Waals surface area contributed by atoms with E-state index in [1.807, 2.05) is 0 Å². The fraction of sp³-hybridized carbons (Fsp3) is 0.500. The van der Waals surface area contributed by atoms with Gasteiger partial charge in [-0.1, -0.05) is 6.92 Å². The standard InChI is InChI=1S/C12H16F2N2/c1-2-16(12-6-15-7-12)8-9-3-10(13)5-11(14)4-9/h3-5,12,15H,2,6-8H2,1H3. The van der Waals surface area contributed by atoms with Gasteiger partial charge in [-0.15, -0.1) is 0 Å². The first-order valence-corrected chi connectivity index (χ1v) is 5.58. The maximum absolute atomic E-state index is 13.0. The molecule has 0 aliphatic carbocycles. The molecule has 0 aromatic heterocycles. The summed E-state index contributed by atoms with van der Waals surface area (Å²) in [4.78, 5) is 2.23. The number of likely N-dealkylation sites (N-methyl/N-ethyl adjacent to an activating group) is 1. The van der Waals surface area contributed by atoms with E-state index in [9.17, 15) is 8.78 Å². The van der Waals surface area contributed by atoms with E-state index in [0.29, 0.717) is 18.2 Å². The third-order valence-corrected chi connectivity index (χ3v) is 2.99. The van der Waals surface area contributed by atoms with Crippen LogP contribution in [0.1, 0.15) is 12.5 Å². The Morgan fingerprint density at radius 3 is 2.31 bits per heavy atom. The second-order valence-corrected chi connectivity index (χ2v) is 4.15. The number of halogens is 2. The number of hydrogen-bond donors (Lipinski definition) is 1. The molecule has 1 saturated heterocycles. The first-order chi connectivity index (χ1) is 7.69. The molecular formula is C12H16F2N2. The van der Waals surface area contributed by atoms with Gasteiger partial charge in [0.2, 0.25) is 0 Å². The van der Waals surface area contributed by atoms with E-state index in [1.165, 1.54) is 12.1 Å². The third kappa shape index (κ3) is 2.57. The van der Waals surface area contributed by atoms with Gasteiger partial charge < -0.3 is 5.32 Å². The van der Waals surface area contributed by atoms with E-state index < -0.39 is 11.6 Å². The van der Waals surface area contributed by atoms with Gasteiger partial charge in [0.1, 0.15) is 11.6 Å². The van der Waals surface area contributed by atoms with Gasteiger partial charge in [0, 0.05) is 31.7 Å². The zero-order valence-electron chi connectivity index (χ0n) is 9.34. The zero-order chi connectivity index (χ0) is 11.5. The summed E-state index contributed by atoms with van der Waals surface area (Å²) in [6.07, 6.45) is 0. The highest BCUT2D eigenvalue weighted by Gasteiger charge is 2.23. The molecule has 0 amide bonds. The minimum Gasteiger partial charge on any atom is -0.314 e. The van der Waals surface area contributed by atoms with Crippen LogP contribution < -0.4 is 5.32 Å². The molecule has 0 saturated carbocycles. The molecule has 1 heterocycles. The molecule has 88 valence electrons. The molecule has 0 bridgehead atoms. The summed E-state index contributed by atoms with van der Waals surface area (Å²) in [6, 6.07) is 4.21. The number of hydrogen-bond acceptors (Lipinski definition) is 2. The lowest BCUT2D eigenvalue weighted by Gasteiger charge is -2.37. The van der Waals surface area contributed by atoms with Crippen molar-refractivity contribution in [1.29, 1.82) is 0 Å². The van der Waals surface area contributed by atoms with Crippen LogP contribution in [0.25, 0.3) is 0 Å². The highest BCUT2D eigenvalue weighted by atomic mass is 19.1. The predicted molar refractivity (Wildman–Crippen MR) is 59.1 cm³/mol. The van der Waals surface area contributed by atoms with Gasteiger partial charge in [0.25, 0.3) is 0 Å². The molecule has 1 aliphatic heterocycles. The van der Waals surface area contributed by atoms with Crippen molar-refractivity contribution >= 4 is 0 Å². The van der Waals surface area contributed by atoms with E-state index in [1.54, 1.807) is 0 Å². The topological polar surface area (TPSA) is 15.3 Å². The van der Waals surface area contributed by atoms with Crippen LogP contribution in [-0.4, -0.2) is 30.6 Å².